The van der Waals surface area contributed by atoms with Crippen LogP contribution in [0.25, 0.3) is 10.9 Å². The molecule has 3 nitrogen and oxygen atoms in total. The third kappa shape index (κ3) is 2.50. The third-order valence-electron chi connectivity index (χ3n) is 3.63. The maximum atomic E-state index is 11.9. The molecular formula is C16H17ClN2O. The summed E-state index contributed by atoms with van der Waals surface area (Å²) in [5.74, 6) is 1.19. The van der Waals surface area contributed by atoms with Gasteiger partial charge in [-0.3, -0.25) is 4.79 Å². The maximum Gasteiger partial charge on any atom is 0.228 e. The molecule has 1 amide bonds. The molecule has 0 atom stereocenters. The number of nitrogens with one attached hydrogen (secondary N) is 1. The quantitative estimate of drug-likeness (QED) is 0.912. The number of rotatable bonds is 3. The number of fused-ring (bicyclic) bond motifs is 1. The normalized spacial score (nSPS) is 14.8. The molecule has 1 aliphatic carbocycles. The molecule has 0 spiro atoms. The Kier molecular flexibility index (Phi) is 3.38. The van der Waals surface area contributed by atoms with Crippen molar-refractivity contribution in [2.24, 2.45) is 5.92 Å². The van der Waals surface area contributed by atoms with Gasteiger partial charge in [-0.1, -0.05) is 31.5 Å². The zero-order valence-electron chi connectivity index (χ0n) is 11.6. The van der Waals surface area contributed by atoms with Gasteiger partial charge >= 0.3 is 0 Å². The van der Waals surface area contributed by atoms with Gasteiger partial charge < -0.3 is 5.32 Å². The van der Waals surface area contributed by atoms with Crippen molar-refractivity contribution in [2.75, 3.05) is 5.32 Å². The molecule has 0 bridgehead atoms. The van der Waals surface area contributed by atoms with E-state index in [9.17, 15) is 4.79 Å². The van der Waals surface area contributed by atoms with Crippen molar-refractivity contribution >= 4 is 34.2 Å². The summed E-state index contributed by atoms with van der Waals surface area (Å²) >= 11 is 6.30. The largest absolute Gasteiger partial charge is 0.310 e. The molecule has 2 aromatic rings. The van der Waals surface area contributed by atoms with Crippen LogP contribution in [0.4, 0.5) is 5.82 Å². The lowest BCUT2D eigenvalue weighted by atomic mass is 9.98. The lowest BCUT2D eigenvalue weighted by Gasteiger charge is -2.14. The van der Waals surface area contributed by atoms with Gasteiger partial charge in [0.15, 0.2) is 0 Å². The lowest BCUT2D eigenvalue weighted by Crippen LogP contribution is -2.14. The third-order valence-corrected chi connectivity index (χ3v) is 3.95. The molecule has 4 heteroatoms. The first kappa shape index (κ1) is 13.4. The Bertz CT molecular complexity index is 677. The fraction of sp³-hybridized carbons (Fsp3) is 0.375. The number of nitrogens with zero attached hydrogens (tertiary/aromatic N) is 1. The number of hydrogen-bond acceptors (Lipinski definition) is 2. The number of aromatic nitrogens is 1. The summed E-state index contributed by atoms with van der Waals surface area (Å²) in [6.07, 6.45) is 1.98. The summed E-state index contributed by atoms with van der Waals surface area (Å²) in [7, 11) is 0. The second-order valence-corrected chi connectivity index (χ2v) is 6.06. The lowest BCUT2D eigenvalue weighted by molar-refractivity contribution is -0.117. The van der Waals surface area contributed by atoms with Gasteiger partial charge in [-0.2, -0.15) is 0 Å². The minimum absolute atomic E-state index is 0.0774. The van der Waals surface area contributed by atoms with Crippen LogP contribution < -0.4 is 5.32 Å². The van der Waals surface area contributed by atoms with E-state index in [-0.39, 0.29) is 11.8 Å². The van der Waals surface area contributed by atoms with E-state index in [2.05, 4.69) is 24.1 Å². The van der Waals surface area contributed by atoms with Crippen LogP contribution in [0, 0.1) is 5.92 Å². The molecule has 0 saturated heterocycles. The van der Waals surface area contributed by atoms with Crippen molar-refractivity contribution < 1.29 is 4.79 Å². The number of amides is 1. The summed E-state index contributed by atoms with van der Waals surface area (Å²) in [6, 6.07) is 7.63. The van der Waals surface area contributed by atoms with E-state index in [0.29, 0.717) is 16.8 Å². The molecule has 3 rings (SSSR count). The summed E-state index contributed by atoms with van der Waals surface area (Å²) in [5.41, 5.74) is 1.95. The van der Waals surface area contributed by atoms with Crippen LogP contribution in [-0.2, 0) is 4.79 Å². The molecule has 1 aromatic heterocycles. The van der Waals surface area contributed by atoms with Gasteiger partial charge in [0, 0.05) is 11.3 Å². The average Bonchev–Trinajstić information content (AvgIpc) is 3.22. The monoisotopic (exact) mass is 288 g/mol. The molecule has 0 radical (unpaired) electrons. The number of carbonyl (C=O) groups is 1. The molecular weight excluding hydrogens is 272 g/mol. The number of pyridine rings is 1. The van der Waals surface area contributed by atoms with E-state index < -0.39 is 0 Å². The van der Waals surface area contributed by atoms with Gasteiger partial charge in [0.25, 0.3) is 0 Å². The van der Waals surface area contributed by atoms with Gasteiger partial charge in [-0.05, 0) is 42.5 Å². The minimum atomic E-state index is 0.0774. The molecule has 1 aromatic carbocycles. The highest BCUT2D eigenvalue weighted by Crippen LogP contribution is 2.34. The highest BCUT2D eigenvalue weighted by molar-refractivity contribution is 6.35. The molecule has 0 aliphatic heterocycles. The van der Waals surface area contributed by atoms with Crippen LogP contribution in [0.2, 0.25) is 5.02 Å². The Morgan fingerprint density at radius 3 is 2.80 bits per heavy atom. The van der Waals surface area contributed by atoms with Gasteiger partial charge in [0.1, 0.15) is 5.82 Å². The van der Waals surface area contributed by atoms with Crippen LogP contribution in [0.1, 0.15) is 38.2 Å². The van der Waals surface area contributed by atoms with Crippen molar-refractivity contribution in [1.82, 2.24) is 4.98 Å². The second-order valence-electron chi connectivity index (χ2n) is 5.65. The summed E-state index contributed by atoms with van der Waals surface area (Å²) in [5, 5.41) is 4.60. The summed E-state index contributed by atoms with van der Waals surface area (Å²) in [6.45, 7) is 4.23. The maximum absolute atomic E-state index is 11.9. The molecule has 20 heavy (non-hydrogen) atoms. The van der Waals surface area contributed by atoms with E-state index in [1.165, 1.54) is 0 Å². The summed E-state index contributed by atoms with van der Waals surface area (Å²) < 4.78 is 0. The summed E-state index contributed by atoms with van der Waals surface area (Å²) in [4.78, 5) is 16.4. The minimum Gasteiger partial charge on any atom is -0.310 e. The van der Waals surface area contributed by atoms with Gasteiger partial charge in [-0.25, -0.2) is 4.98 Å². The van der Waals surface area contributed by atoms with E-state index in [1.54, 1.807) is 0 Å². The van der Waals surface area contributed by atoms with Crippen molar-refractivity contribution in [3.05, 3.63) is 34.9 Å². The zero-order chi connectivity index (χ0) is 14.3. The number of hydrogen-bond donors (Lipinski definition) is 1. The van der Waals surface area contributed by atoms with E-state index in [1.807, 2.05) is 24.3 Å². The van der Waals surface area contributed by atoms with Crippen LogP contribution in [0.15, 0.2) is 24.3 Å². The number of benzene rings is 1. The van der Waals surface area contributed by atoms with Gasteiger partial charge in [0.05, 0.1) is 10.5 Å². The van der Waals surface area contributed by atoms with Crippen molar-refractivity contribution in [3.8, 4) is 0 Å². The van der Waals surface area contributed by atoms with E-state index in [4.69, 9.17) is 11.6 Å². The van der Waals surface area contributed by atoms with Crippen LogP contribution in [0.5, 0.6) is 0 Å². The topological polar surface area (TPSA) is 42.0 Å². The molecule has 104 valence electrons. The van der Waals surface area contributed by atoms with Crippen molar-refractivity contribution in [2.45, 2.75) is 32.6 Å². The smallest absolute Gasteiger partial charge is 0.228 e. The molecule has 0 unspecified atom stereocenters. The van der Waals surface area contributed by atoms with Gasteiger partial charge in [-0.15, -0.1) is 0 Å². The van der Waals surface area contributed by atoms with E-state index in [0.717, 1.165) is 29.3 Å². The highest BCUT2D eigenvalue weighted by atomic mass is 35.5. The Morgan fingerprint density at radius 2 is 2.15 bits per heavy atom. The first-order chi connectivity index (χ1) is 9.56. The molecule has 1 fully saturated rings. The second kappa shape index (κ2) is 5.06. The van der Waals surface area contributed by atoms with E-state index >= 15 is 0 Å². The predicted molar refractivity (Wildman–Crippen MR) is 82.2 cm³/mol. The Morgan fingerprint density at radius 1 is 1.40 bits per heavy atom. The fourth-order valence-electron chi connectivity index (χ4n) is 2.37. The van der Waals surface area contributed by atoms with Crippen LogP contribution in [-0.4, -0.2) is 10.9 Å². The SMILES string of the molecule is CC(C)c1cc(NC(=O)C2CC2)nc2cccc(Cl)c12. The average molecular weight is 289 g/mol. The highest BCUT2D eigenvalue weighted by Gasteiger charge is 2.30. The van der Waals surface area contributed by atoms with Crippen LogP contribution in [0.3, 0.4) is 0 Å². The first-order valence-electron chi connectivity index (χ1n) is 6.96. The zero-order valence-corrected chi connectivity index (χ0v) is 12.4. The standard InChI is InChI=1S/C16H17ClN2O/c1-9(2)11-8-14(19-16(20)10-6-7-10)18-13-5-3-4-12(17)15(11)13/h3-5,8-10H,6-7H2,1-2H3,(H,18,19,20). The van der Waals surface area contributed by atoms with Crippen molar-refractivity contribution in [1.29, 1.82) is 0 Å². The number of halogens is 1. The Labute approximate surface area is 123 Å². The van der Waals surface area contributed by atoms with Gasteiger partial charge in [0.2, 0.25) is 5.91 Å². The van der Waals surface area contributed by atoms with Crippen molar-refractivity contribution in [3.63, 3.8) is 0 Å². The molecule has 1 saturated carbocycles. The Hall–Kier alpha value is -1.61. The van der Waals surface area contributed by atoms with Crippen LogP contribution >= 0.6 is 11.6 Å². The first-order valence-corrected chi connectivity index (χ1v) is 7.34. The molecule has 1 aliphatic rings. The number of carbonyl (C=O) groups excluding carboxylic acids is 1. The predicted octanol–water partition coefficient (Wildman–Crippen LogP) is 4.36. The number of anilines is 1. The Balaban J connectivity index is 2.08. The molecule has 1 N–H and O–H groups in total. The molecule has 1 heterocycles. The fourth-order valence-corrected chi connectivity index (χ4v) is 2.65.